The summed E-state index contributed by atoms with van der Waals surface area (Å²) in [7, 11) is 0. The van der Waals surface area contributed by atoms with Crippen molar-refractivity contribution < 1.29 is 4.79 Å². The molecule has 2 fully saturated rings. The summed E-state index contributed by atoms with van der Waals surface area (Å²) < 4.78 is 1.89. The molecule has 2 aliphatic rings. The third-order valence-corrected chi connectivity index (χ3v) is 8.57. The van der Waals surface area contributed by atoms with E-state index in [9.17, 15) is 4.79 Å². The van der Waals surface area contributed by atoms with Gasteiger partial charge >= 0.3 is 0 Å². The summed E-state index contributed by atoms with van der Waals surface area (Å²) in [5, 5.41) is 5.80. The molecule has 3 aromatic heterocycles. The third kappa shape index (κ3) is 4.92. The Hall–Kier alpha value is -3.46. The summed E-state index contributed by atoms with van der Waals surface area (Å²) in [5.74, 6) is 1.92. The van der Waals surface area contributed by atoms with E-state index in [0.29, 0.717) is 11.8 Å². The van der Waals surface area contributed by atoms with Crippen LogP contribution in [0.1, 0.15) is 38.2 Å². The van der Waals surface area contributed by atoms with E-state index in [1.54, 1.807) is 11.3 Å². The molecule has 192 valence electrons. The van der Waals surface area contributed by atoms with Gasteiger partial charge in [-0.05, 0) is 36.5 Å². The highest BCUT2D eigenvalue weighted by Crippen LogP contribution is 2.31. The maximum atomic E-state index is 13.2. The van der Waals surface area contributed by atoms with Crippen LogP contribution in [0.3, 0.4) is 0 Å². The Morgan fingerprint density at radius 2 is 1.70 bits per heavy atom. The van der Waals surface area contributed by atoms with Gasteiger partial charge in [-0.2, -0.15) is 0 Å². The van der Waals surface area contributed by atoms with Crippen LogP contribution >= 0.6 is 11.3 Å². The van der Waals surface area contributed by atoms with E-state index >= 15 is 0 Å². The molecule has 0 unspecified atom stereocenters. The molecule has 0 bridgehead atoms. The molecule has 8 nitrogen and oxygen atoms in total. The fraction of sp³-hybridized carbons (Fsp3) is 0.429. The van der Waals surface area contributed by atoms with Crippen molar-refractivity contribution in [2.24, 2.45) is 5.92 Å². The van der Waals surface area contributed by atoms with Crippen molar-refractivity contribution >= 4 is 33.2 Å². The quantitative estimate of drug-likeness (QED) is 0.389. The Bertz CT molecular complexity index is 1320. The first-order valence-corrected chi connectivity index (χ1v) is 14.0. The first-order valence-electron chi connectivity index (χ1n) is 13.2. The van der Waals surface area contributed by atoms with Gasteiger partial charge in [-0.3, -0.25) is 4.79 Å². The average molecular weight is 516 g/mol. The van der Waals surface area contributed by atoms with Gasteiger partial charge in [-0.25, -0.2) is 14.5 Å². The number of piperidine rings is 1. The molecule has 0 saturated carbocycles. The molecular formula is C28H33N7OS. The fourth-order valence-corrected chi connectivity index (χ4v) is 6.20. The summed E-state index contributed by atoms with van der Waals surface area (Å²) in [4.78, 5) is 30.0. The molecule has 37 heavy (non-hydrogen) atoms. The normalized spacial score (nSPS) is 17.2. The molecule has 2 aliphatic heterocycles. The van der Waals surface area contributed by atoms with Crippen LogP contribution in [0.25, 0.3) is 16.2 Å². The summed E-state index contributed by atoms with van der Waals surface area (Å²) in [5.41, 5.74) is 3.40. The molecule has 0 spiro atoms. The third-order valence-electron chi connectivity index (χ3n) is 7.58. The number of nitrogens with zero attached hydrogens (tertiary/aromatic N) is 7. The van der Waals surface area contributed by atoms with Gasteiger partial charge in [0.1, 0.15) is 5.82 Å². The lowest BCUT2D eigenvalue weighted by Gasteiger charge is -2.38. The number of amides is 1. The maximum Gasteiger partial charge on any atom is 0.225 e. The van der Waals surface area contributed by atoms with Gasteiger partial charge in [-0.15, -0.1) is 5.10 Å². The van der Waals surface area contributed by atoms with Gasteiger partial charge < -0.3 is 14.7 Å². The minimum atomic E-state index is 0.0992. The van der Waals surface area contributed by atoms with Crippen molar-refractivity contribution in [1.82, 2.24) is 24.5 Å². The zero-order valence-corrected chi connectivity index (χ0v) is 22.3. The zero-order chi connectivity index (χ0) is 25.4. The van der Waals surface area contributed by atoms with Crippen LogP contribution in [-0.4, -0.2) is 69.7 Å². The Morgan fingerprint density at radius 3 is 2.35 bits per heavy atom. The van der Waals surface area contributed by atoms with Gasteiger partial charge in [0, 0.05) is 56.9 Å². The number of piperazine rings is 1. The molecule has 0 N–H and O–H groups in total. The van der Waals surface area contributed by atoms with Crippen LogP contribution < -0.4 is 9.80 Å². The standard InChI is InChI=1S/C28H33N7OS/c1-20(2)21-6-8-22(9-7-21)24-19-35-27(30-24)37-28(31-35)34-13-10-23(11-14-34)26(36)33-17-15-32(16-18-33)25-5-3-4-12-29-25/h3-9,12,19-20,23H,10-11,13-18H2,1-2H3. The van der Waals surface area contributed by atoms with E-state index in [1.807, 2.05) is 40.0 Å². The number of imidazole rings is 1. The van der Waals surface area contributed by atoms with Gasteiger partial charge in [0.15, 0.2) is 0 Å². The molecule has 1 amide bonds. The number of fused-ring (bicyclic) bond motifs is 1. The Morgan fingerprint density at radius 1 is 0.946 bits per heavy atom. The lowest BCUT2D eigenvalue weighted by atomic mass is 9.95. The van der Waals surface area contributed by atoms with E-state index in [-0.39, 0.29) is 5.92 Å². The highest BCUT2D eigenvalue weighted by Gasteiger charge is 2.31. The number of carbonyl (C=O) groups excluding carboxylic acids is 1. The first kappa shape index (κ1) is 23.9. The van der Waals surface area contributed by atoms with Crippen LogP contribution in [-0.2, 0) is 4.79 Å². The molecule has 0 aliphatic carbocycles. The Balaban J connectivity index is 1.04. The highest BCUT2D eigenvalue weighted by atomic mass is 32.1. The molecule has 9 heteroatoms. The number of rotatable bonds is 5. The van der Waals surface area contributed by atoms with Crippen molar-refractivity contribution in [2.75, 3.05) is 49.1 Å². The molecule has 0 radical (unpaired) electrons. The Kier molecular flexibility index (Phi) is 6.54. The average Bonchev–Trinajstić information content (AvgIpc) is 3.53. The number of anilines is 2. The van der Waals surface area contributed by atoms with Gasteiger partial charge in [0.05, 0.1) is 11.9 Å². The predicted molar refractivity (Wildman–Crippen MR) is 148 cm³/mol. The van der Waals surface area contributed by atoms with E-state index < -0.39 is 0 Å². The molecule has 6 rings (SSSR count). The van der Waals surface area contributed by atoms with E-state index in [1.165, 1.54) is 5.56 Å². The number of benzene rings is 1. The topological polar surface area (TPSA) is 69.9 Å². The summed E-state index contributed by atoms with van der Waals surface area (Å²) >= 11 is 1.62. The van der Waals surface area contributed by atoms with Crippen LogP contribution in [0.2, 0.25) is 0 Å². The molecule has 2 saturated heterocycles. The molecule has 5 heterocycles. The lowest BCUT2D eigenvalue weighted by Crippen LogP contribution is -2.51. The van der Waals surface area contributed by atoms with Crippen molar-refractivity contribution in [2.45, 2.75) is 32.6 Å². The first-order chi connectivity index (χ1) is 18.0. The fourth-order valence-electron chi connectivity index (χ4n) is 5.27. The van der Waals surface area contributed by atoms with E-state index in [2.05, 4.69) is 52.9 Å². The summed E-state index contributed by atoms with van der Waals surface area (Å²) in [6, 6.07) is 14.6. The smallest absolute Gasteiger partial charge is 0.225 e. The number of carbonyl (C=O) groups is 1. The number of pyridine rings is 1. The number of hydrogen-bond acceptors (Lipinski definition) is 7. The van der Waals surface area contributed by atoms with Crippen molar-refractivity contribution in [3.8, 4) is 11.3 Å². The second-order valence-electron chi connectivity index (χ2n) is 10.3. The Labute approximate surface area is 221 Å². The van der Waals surface area contributed by atoms with Crippen LogP contribution in [0.5, 0.6) is 0 Å². The van der Waals surface area contributed by atoms with Gasteiger partial charge in [0.25, 0.3) is 0 Å². The monoisotopic (exact) mass is 515 g/mol. The predicted octanol–water partition coefficient (Wildman–Crippen LogP) is 4.54. The summed E-state index contributed by atoms with van der Waals surface area (Å²) in [6.45, 7) is 9.32. The SMILES string of the molecule is CC(C)c1ccc(-c2cn3nc(N4CCC(C(=O)N5CCN(c6ccccn6)CC5)CC4)sc3n2)cc1. The van der Waals surface area contributed by atoms with Crippen molar-refractivity contribution in [1.29, 1.82) is 0 Å². The molecule has 4 aromatic rings. The minimum absolute atomic E-state index is 0.0992. The summed E-state index contributed by atoms with van der Waals surface area (Å²) in [6.07, 6.45) is 5.58. The molecular weight excluding hydrogens is 482 g/mol. The largest absolute Gasteiger partial charge is 0.353 e. The van der Waals surface area contributed by atoms with Gasteiger partial charge in [0.2, 0.25) is 16.0 Å². The van der Waals surface area contributed by atoms with Crippen LogP contribution in [0.4, 0.5) is 10.9 Å². The second kappa shape index (κ2) is 10.1. The van der Waals surface area contributed by atoms with Crippen LogP contribution in [0, 0.1) is 5.92 Å². The second-order valence-corrected chi connectivity index (χ2v) is 11.2. The van der Waals surface area contributed by atoms with Crippen LogP contribution in [0.15, 0.2) is 54.9 Å². The number of aromatic nitrogens is 4. The van der Waals surface area contributed by atoms with Crippen molar-refractivity contribution in [3.63, 3.8) is 0 Å². The minimum Gasteiger partial charge on any atom is -0.353 e. The lowest BCUT2D eigenvalue weighted by molar-refractivity contribution is -0.136. The molecule has 1 aromatic carbocycles. The van der Waals surface area contributed by atoms with E-state index in [4.69, 9.17) is 10.1 Å². The van der Waals surface area contributed by atoms with E-state index in [0.717, 1.165) is 79.3 Å². The maximum absolute atomic E-state index is 13.2. The zero-order valence-electron chi connectivity index (χ0n) is 21.5. The highest BCUT2D eigenvalue weighted by molar-refractivity contribution is 7.20. The molecule has 0 atom stereocenters. The number of hydrogen-bond donors (Lipinski definition) is 0. The van der Waals surface area contributed by atoms with Gasteiger partial charge in [-0.1, -0.05) is 55.5 Å². The van der Waals surface area contributed by atoms with Crippen molar-refractivity contribution in [3.05, 3.63) is 60.4 Å².